The first-order valence-corrected chi connectivity index (χ1v) is 11.9. The van der Waals surface area contributed by atoms with Gasteiger partial charge in [-0.15, -0.1) is 0 Å². The van der Waals surface area contributed by atoms with Gasteiger partial charge in [0.2, 0.25) is 0 Å². The molecule has 0 saturated carbocycles. The lowest BCUT2D eigenvalue weighted by Gasteiger charge is -2.04. The Labute approximate surface area is 173 Å². The lowest BCUT2D eigenvalue weighted by atomic mass is 10.0. The lowest BCUT2D eigenvalue weighted by Crippen LogP contribution is -2.03. The van der Waals surface area contributed by atoms with E-state index in [4.69, 9.17) is 9.47 Å². The van der Waals surface area contributed by atoms with E-state index in [2.05, 4.69) is 31.2 Å². The fraction of sp³-hybridized carbons (Fsp3) is 0.692. The van der Waals surface area contributed by atoms with E-state index >= 15 is 0 Å². The van der Waals surface area contributed by atoms with Gasteiger partial charge < -0.3 is 9.47 Å². The molecule has 1 heterocycles. The van der Waals surface area contributed by atoms with Gasteiger partial charge in [0.1, 0.15) is 18.5 Å². The van der Waals surface area contributed by atoms with E-state index in [1.54, 1.807) is 0 Å². The minimum atomic E-state index is 0.319. The highest BCUT2D eigenvalue weighted by Gasteiger charge is 2.22. The zero-order chi connectivity index (χ0) is 19.7. The summed E-state index contributed by atoms with van der Waals surface area (Å²) in [4.78, 5) is 0. The summed E-state index contributed by atoms with van der Waals surface area (Å²) in [6.07, 6.45) is 24.5. The molecule has 0 bridgehead atoms. The third-order valence-corrected chi connectivity index (χ3v) is 5.50. The maximum absolute atomic E-state index is 5.67. The molecule has 0 radical (unpaired) electrons. The Morgan fingerprint density at radius 3 is 1.89 bits per heavy atom. The molecule has 0 aromatic heterocycles. The van der Waals surface area contributed by atoms with Gasteiger partial charge in [0.05, 0.1) is 6.61 Å². The smallest absolute Gasteiger partial charge is 0.119 e. The third-order valence-electron chi connectivity index (χ3n) is 5.50. The van der Waals surface area contributed by atoms with Crippen LogP contribution in [0, 0.1) is 0 Å². The monoisotopic (exact) mass is 386 g/mol. The molecule has 0 aliphatic carbocycles. The predicted molar refractivity (Wildman–Crippen MR) is 121 cm³/mol. The van der Waals surface area contributed by atoms with Crippen molar-refractivity contribution in [3.63, 3.8) is 0 Å². The molecule has 2 rings (SSSR count). The molecule has 0 amide bonds. The van der Waals surface area contributed by atoms with Crippen LogP contribution in [0.15, 0.2) is 30.3 Å². The van der Waals surface area contributed by atoms with Gasteiger partial charge in [0, 0.05) is 0 Å². The number of ether oxygens (including phenoxy) is 2. The van der Waals surface area contributed by atoms with Crippen LogP contribution < -0.4 is 4.74 Å². The van der Waals surface area contributed by atoms with Crippen LogP contribution in [-0.2, 0) is 4.74 Å². The van der Waals surface area contributed by atoms with Crippen molar-refractivity contribution in [2.24, 2.45) is 0 Å². The van der Waals surface area contributed by atoms with Crippen LogP contribution in [0.25, 0.3) is 6.08 Å². The lowest BCUT2D eigenvalue weighted by molar-refractivity contribution is 0.263. The van der Waals surface area contributed by atoms with E-state index in [-0.39, 0.29) is 0 Å². The van der Waals surface area contributed by atoms with Crippen molar-refractivity contribution >= 4 is 6.08 Å². The van der Waals surface area contributed by atoms with E-state index in [0.29, 0.717) is 12.7 Å². The molecule has 1 aliphatic heterocycles. The van der Waals surface area contributed by atoms with Crippen molar-refractivity contribution in [1.82, 2.24) is 0 Å². The summed E-state index contributed by atoms with van der Waals surface area (Å²) >= 11 is 0. The predicted octanol–water partition coefficient (Wildman–Crippen LogP) is 7.96. The van der Waals surface area contributed by atoms with Crippen LogP contribution in [0.5, 0.6) is 5.75 Å². The Hall–Kier alpha value is -1.28. The summed E-state index contributed by atoms with van der Waals surface area (Å²) in [7, 11) is 0. The molecule has 1 atom stereocenters. The summed E-state index contributed by atoms with van der Waals surface area (Å²) < 4.78 is 10.8. The largest absolute Gasteiger partial charge is 0.491 e. The van der Waals surface area contributed by atoms with Gasteiger partial charge >= 0.3 is 0 Å². The molecule has 2 nitrogen and oxygen atoms in total. The van der Waals surface area contributed by atoms with Gasteiger partial charge in [0.15, 0.2) is 0 Å². The van der Waals surface area contributed by atoms with Crippen LogP contribution in [0.1, 0.15) is 102 Å². The highest BCUT2D eigenvalue weighted by molar-refractivity contribution is 5.50. The maximum atomic E-state index is 5.67. The fourth-order valence-electron chi connectivity index (χ4n) is 3.53. The van der Waals surface area contributed by atoms with Crippen molar-refractivity contribution in [3.8, 4) is 5.75 Å². The minimum Gasteiger partial charge on any atom is -0.491 e. The second-order valence-electron chi connectivity index (χ2n) is 8.27. The second kappa shape index (κ2) is 15.6. The SMILES string of the molecule is CCCCCCCCCCCCCCC/C=C/c1ccc(OCC2CO2)cc1. The number of benzene rings is 1. The van der Waals surface area contributed by atoms with Gasteiger partial charge in [-0.2, -0.15) is 0 Å². The summed E-state index contributed by atoms with van der Waals surface area (Å²) in [6, 6.07) is 8.35. The fourth-order valence-corrected chi connectivity index (χ4v) is 3.53. The van der Waals surface area contributed by atoms with E-state index < -0.39 is 0 Å². The van der Waals surface area contributed by atoms with Gasteiger partial charge in [0.25, 0.3) is 0 Å². The topological polar surface area (TPSA) is 21.8 Å². The number of epoxide rings is 1. The van der Waals surface area contributed by atoms with Crippen LogP contribution in [0.4, 0.5) is 0 Å². The molecule has 1 aromatic rings. The average Bonchev–Trinajstić information content (AvgIpc) is 3.55. The van der Waals surface area contributed by atoms with Crippen molar-refractivity contribution in [2.75, 3.05) is 13.2 Å². The molecular formula is C26H42O2. The summed E-state index contributed by atoms with van der Waals surface area (Å²) in [5, 5.41) is 0. The molecule has 0 spiro atoms. The van der Waals surface area contributed by atoms with Crippen molar-refractivity contribution in [3.05, 3.63) is 35.9 Å². The first-order chi connectivity index (χ1) is 13.9. The normalized spacial score (nSPS) is 16.0. The van der Waals surface area contributed by atoms with Crippen LogP contribution >= 0.6 is 0 Å². The van der Waals surface area contributed by atoms with E-state index in [9.17, 15) is 0 Å². The second-order valence-corrected chi connectivity index (χ2v) is 8.27. The molecule has 2 heteroatoms. The van der Waals surface area contributed by atoms with Crippen molar-refractivity contribution in [2.45, 2.75) is 103 Å². The quantitative estimate of drug-likeness (QED) is 0.188. The Balaban J connectivity index is 1.36. The summed E-state index contributed by atoms with van der Waals surface area (Å²) in [6.45, 7) is 3.81. The molecule has 1 fully saturated rings. The van der Waals surface area contributed by atoms with Crippen molar-refractivity contribution in [1.29, 1.82) is 0 Å². The van der Waals surface area contributed by atoms with Crippen molar-refractivity contribution < 1.29 is 9.47 Å². The first-order valence-electron chi connectivity index (χ1n) is 11.9. The molecule has 1 unspecified atom stereocenters. The van der Waals surface area contributed by atoms with Crippen LogP contribution in [0.3, 0.4) is 0 Å². The molecule has 0 N–H and O–H groups in total. The first kappa shape index (κ1) is 23.0. The Morgan fingerprint density at radius 2 is 1.36 bits per heavy atom. The molecule has 1 saturated heterocycles. The molecule has 28 heavy (non-hydrogen) atoms. The average molecular weight is 387 g/mol. The van der Waals surface area contributed by atoms with Gasteiger partial charge in [-0.3, -0.25) is 0 Å². The maximum Gasteiger partial charge on any atom is 0.119 e. The van der Waals surface area contributed by atoms with E-state index in [0.717, 1.165) is 12.4 Å². The molecular weight excluding hydrogens is 344 g/mol. The van der Waals surface area contributed by atoms with E-state index in [1.165, 1.54) is 95.5 Å². The Bertz CT molecular complexity index is 502. The summed E-state index contributed by atoms with van der Waals surface area (Å²) in [5.74, 6) is 0.934. The molecule has 1 aliphatic rings. The third kappa shape index (κ3) is 12.2. The number of rotatable bonds is 18. The highest BCUT2D eigenvalue weighted by Crippen LogP contribution is 2.17. The zero-order valence-corrected chi connectivity index (χ0v) is 18.2. The Kier molecular flexibility index (Phi) is 12.8. The number of allylic oxidation sites excluding steroid dienone is 1. The summed E-state index contributed by atoms with van der Waals surface area (Å²) in [5.41, 5.74) is 1.25. The number of unbranched alkanes of at least 4 members (excludes halogenated alkanes) is 13. The van der Waals surface area contributed by atoms with Gasteiger partial charge in [-0.1, -0.05) is 108 Å². The van der Waals surface area contributed by atoms with Crippen LogP contribution in [0.2, 0.25) is 0 Å². The van der Waals surface area contributed by atoms with Crippen LogP contribution in [-0.4, -0.2) is 19.3 Å². The van der Waals surface area contributed by atoms with Gasteiger partial charge in [-0.05, 0) is 30.5 Å². The molecule has 158 valence electrons. The van der Waals surface area contributed by atoms with Gasteiger partial charge in [-0.25, -0.2) is 0 Å². The standard InChI is InChI=1S/C26H42O2/c1-2-3-4-5-6-7-8-9-10-11-12-13-14-15-16-17-24-18-20-25(21-19-24)27-22-26-23-28-26/h16-21,26H,2-15,22-23H2,1H3/b17-16+. The minimum absolute atomic E-state index is 0.319. The van der Waals surface area contributed by atoms with E-state index in [1.807, 2.05) is 12.1 Å². The zero-order valence-electron chi connectivity index (χ0n) is 18.2. The highest BCUT2D eigenvalue weighted by atomic mass is 16.6. The number of hydrogen-bond donors (Lipinski definition) is 0. The number of hydrogen-bond acceptors (Lipinski definition) is 2. The Morgan fingerprint density at radius 1 is 0.821 bits per heavy atom. The molecule has 1 aromatic carbocycles.